The summed E-state index contributed by atoms with van der Waals surface area (Å²) in [6, 6.07) is 0. The van der Waals surface area contributed by atoms with Crippen LogP contribution in [0.25, 0.3) is 0 Å². The van der Waals surface area contributed by atoms with Crippen molar-refractivity contribution in [3.63, 3.8) is 0 Å². The Labute approximate surface area is 168 Å². The van der Waals surface area contributed by atoms with Crippen LogP contribution in [0.5, 0.6) is 0 Å². The van der Waals surface area contributed by atoms with Crippen LogP contribution in [0.1, 0.15) is 13.3 Å². The number of carbonyl (C=O) groups excluding carboxylic acids is 2. The van der Waals surface area contributed by atoms with E-state index >= 15 is 0 Å². The molecule has 0 saturated heterocycles. The Balaban J connectivity index is 4.19. The number of hydrogen-bond donors (Lipinski definition) is 2. The number of hydrogen-bond acceptors (Lipinski definition) is 4. The number of nitrogens with one attached hydrogen (secondary N) is 2. The second-order valence-electron chi connectivity index (χ2n) is 5.28. The van der Waals surface area contributed by atoms with Crippen molar-refractivity contribution in [3.8, 4) is 0 Å². The number of amides is 2. The first-order valence-corrected chi connectivity index (χ1v) is 8.61. The van der Waals surface area contributed by atoms with E-state index in [-0.39, 0.29) is 19.7 Å². The summed E-state index contributed by atoms with van der Waals surface area (Å²) in [7, 11) is 0. The Morgan fingerprint density at radius 1 is 1.07 bits per heavy atom. The lowest BCUT2D eigenvalue weighted by molar-refractivity contribution is -0.303. The molecular formula is C20H25F3N2O4. The van der Waals surface area contributed by atoms with Crippen molar-refractivity contribution >= 4 is 12.0 Å². The van der Waals surface area contributed by atoms with Gasteiger partial charge in [-0.1, -0.05) is 56.5 Å². The minimum atomic E-state index is -4.81. The van der Waals surface area contributed by atoms with E-state index in [2.05, 4.69) is 28.5 Å². The lowest BCUT2D eigenvalue weighted by Gasteiger charge is -2.08. The van der Waals surface area contributed by atoms with Gasteiger partial charge < -0.3 is 20.1 Å². The molecule has 0 heterocycles. The van der Waals surface area contributed by atoms with Crippen LogP contribution in [0.4, 0.5) is 18.0 Å². The summed E-state index contributed by atoms with van der Waals surface area (Å²) in [5.41, 5.74) is 0.884. The minimum Gasteiger partial charge on any atom is -0.445 e. The van der Waals surface area contributed by atoms with E-state index < -0.39 is 24.1 Å². The van der Waals surface area contributed by atoms with Crippen molar-refractivity contribution < 1.29 is 32.2 Å². The standard InChI is InChI=1S/C20H25F3N2O4/c1-4-7-8-11-16(5-2)15-28-19(27)25-14-18(26)24-13-10-9-12-17(6-3)29-20(21,22)23/h4,6-12H,1,3,5,13-15H2,2H3,(H,24,26)(H,25,27)/b8-7-,10-9+,16-11+,17-12+. The fraction of sp³-hybridized carbons (Fsp3) is 0.300. The molecule has 160 valence electrons. The van der Waals surface area contributed by atoms with Gasteiger partial charge in [0, 0.05) is 6.54 Å². The highest BCUT2D eigenvalue weighted by atomic mass is 19.4. The molecule has 0 atom stereocenters. The van der Waals surface area contributed by atoms with Gasteiger partial charge >= 0.3 is 12.5 Å². The number of ether oxygens (including phenoxy) is 2. The number of rotatable bonds is 12. The van der Waals surface area contributed by atoms with Gasteiger partial charge in [0.25, 0.3) is 0 Å². The van der Waals surface area contributed by atoms with Gasteiger partial charge in [0.1, 0.15) is 18.9 Å². The van der Waals surface area contributed by atoms with Crippen molar-refractivity contribution in [3.05, 3.63) is 73.1 Å². The molecule has 9 heteroatoms. The zero-order valence-electron chi connectivity index (χ0n) is 16.1. The molecule has 0 unspecified atom stereocenters. The number of alkyl carbamates (subject to hydrolysis) is 1. The Hall–Kier alpha value is -3.23. The fourth-order valence-electron chi connectivity index (χ4n) is 1.64. The largest absolute Gasteiger partial charge is 0.573 e. The predicted octanol–water partition coefficient (Wildman–Crippen LogP) is 4.07. The fourth-order valence-corrected chi connectivity index (χ4v) is 1.64. The third kappa shape index (κ3) is 15.5. The van der Waals surface area contributed by atoms with Gasteiger partial charge in [-0.05, 0) is 24.1 Å². The molecule has 0 bridgehead atoms. The topological polar surface area (TPSA) is 76.7 Å². The summed E-state index contributed by atoms with van der Waals surface area (Å²) in [4.78, 5) is 23.2. The van der Waals surface area contributed by atoms with Crippen molar-refractivity contribution in [1.82, 2.24) is 10.6 Å². The van der Waals surface area contributed by atoms with Crippen molar-refractivity contribution in [2.24, 2.45) is 0 Å². The predicted molar refractivity (Wildman–Crippen MR) is 105 cm³/mol. The number of allylic oxidation sites excluding steroid dienone is 7. The van der Waals surface area contributed by atoms with Crippen LogP contribution in [0.15, 0.2) is 73.1 Å². The average molecular weight is 414 g/mol. The molecule has 0 fully saturated rings. The lowest BCUT2D eigenvalue weighted by atomic mass is 10.2. The smallest absolute Gasteiger partial charge is 0.445 e. The first-order valence-electron chi connectivity index (χ1n) is 8.61. The van der Waals surface area contributed by atoms with Crippen LogP contribution in [0.3, 0.4) is 0 Å². The maximum absolute atomic E-state index is 12.1. The van der Waals surface area contributed by atoms with E-state index in [0.29, 0.717) is 6.42 Å². The second kappa shape index (κ2) is 14.8. The van der Waals surface area contributed by atoms with E-state index in [4.69, 9.17) is 4.74 Å². The normalized spacial score (nSPS) is 12.7. The van der Waals surface area contributed by atoms with Crippen LogP contribution in [0.2, 0.25) is 0 Å². The first kappa shape index (κ1) is 25.8. The van der Waals surface area contributed by atoms with E-state index in [0.717, 1.165) is 17.7 Å². The minimum absolute atomic E-state index is 0.0425. The molecule has 0 saturated carbocycles. The lowest BCUT2D eigenvalue weighted by Crippen LogP contribution is -2.37. The SMILES string of the molecule is C=C/C=C\C=C(/CC)COC(=O)NCC(=O)NC/C=C/C=C(\C=C)OC(F)(F)F. The summed E-state index contributed by atoms with van der Waals surface area (Å²) in [5.74, 6) is -0.976. The van der Waals surface area contributed by atoms with Crippen molar-refractivity contribution in [2.75, 3.05) is 19.7 Å². The van der Waals surface area contributed by atoms with Crippen LogP contribution >= 0.6 is 0 Å². The molecular weight excluding hydrogens is 389 g/mol. The molecule has 0 aromatic carbocycles. The molecule has 0 spiro atoms. The maximum atomic E-state index is 12.1. The summed E-state index contributed by atoms with van der Waals surface area (Å²) >= 11 is 0. The summed E-state index contributed by atoms with van der Waals surface area (Å²) < 4.78 is 44.9. The maximum Gasteiger partial charge on any atom is 0.573 e. The van der Waals surface area contributed by atoms with Gasteiger partial charge in [0.15, 0.2) is 0 Å². The average Bonchev–Trinajstić information content (AvgIpc) is 2.66. The third-order valence-electron chi connectivity index (χ3n) is 3.06. The Kier molecular flexibility index (Phi) is 13.1. The molecule has 0 aliphatic heterocycles. The Morgan fingerprint density at radius 2 is 1.79 bits per heavy atom. The molecule has 0 aromatic rings. The Morgan fingerprint density at radius 3 is 2.38 bits per heavy atom. The first-order chi connectivity index (χ1) is 13.7. The zero-order valence-corrected chi connectivity index (χ0v) is 16.1. The van der Waals surface area contributed by atoms with Crippen LogP contribution in [0, 0.1) is 0 Å². The highest BCUT2D eigenvalue weighted by molar-refractivity contribution is 5.82. The monoisotopic (exact) mass is 414 g/mol. The van der Waals surface area contributed by atoms with Gasteiger partial charge in [0.05, 0.1) is 0 Å². The molecule has 2 amide bonds. The quantitative estimate of drug-likeness (QED) is 0.373. The molecule has 0 aromatic heterocycles. The molecule has 29 heavy (non-hydrogen) atoms. The second-order valence-corrected chi connectivity index (χ2v) is 5.28. The van der Waals surface area contributed by atoms with Gasteiger partial charge in [0.2, 0.25) is 5.91 Å². The Bertz CT molecular complexity index is 678. The van der Waals surface area contributed by atoms with E-state index in [1.165, 1.54) is 12.2 Å². The summed E-state index contributed by atoms with van der Waals surface area (Å²) in [6.07, 6.45) is 6.70. The zero-order chi connectivity index (χ0) is 22.1. The van der Waals surface area contributed by atoms with E-state index in [1.807, 2.05) is 6.92 Å². The number of alkyl halides is 3. The molecule has 2 N–H and O–H groups in total. The number of carbonyl (C=O) groups is 2. The van der Waals surface area contributed by atoms with Gasteiger partial charge in [-0.25, -0.2) is 4.79 Å². The molecule has 0 radical (unpaired) electrons. The molecule has 6 nitrogen and oxygen atoms in total. The van der Waals surface area contributed by atoms with E-state index in [1.54, 1.807) is 24.3 Å². The van der Waals surface area contributed by atoms with Crippen LogP contribution in [-0.2, 0) is 14.3 Å². The molecule has 0 aliphatic rings. The van der Waals surface area contributed by atoms with Crippen molar-refractivity contribution in [2.45, 2.75) is 19.7 Å². The molecule has 0 aliphatic carbocycles. The molecule has 0 rings (SSSR count). The summed E-state index contributed by atoms with van der Waals surface area (Å²) in [6.45, 7) is 8.49. The van der Waals surface area contributed by atoms with E-state index in [9.17, 15) is 22.8 Å². The van der Waals surface area contributed by atoms with Gasteiger partial charge in [-0.15, -0.1) is 13.2 Å². The highest BCUT2D eigenvalue weighted by Crippen LogP contribution is 2.20. The van der Waals surface area contributed by atoms with Crippen LogP contribution < -0.4 is 10.6 Å². The highest BCUT2D eigenvalue weighted by Gasteiger charge is 2.31. The van der Waals surface area contributed by atoms with Gasteiger partial charge in [-0.3, -0.25) is 4.79 Å². The van der Waals surface area contributed by atoms with Crippen molar-refractivity contribution in [1.29, 1.82) is 0 Å². The third-order valence-corrected chi connectivity index (χ3v) is 3.06. The number of halogens is 3. The van der Waals surface area contributed by atoms with Crippen LogP contribution in [-0.4, -0.2) is 38.1 Å². The van der Waals surface area contributed by atoms with Gasteiger partial charge in [-0.2, -0.15) is 0 Å². The summed E-state index contributed by atoms with van der Waals surface area (Å²) in [5, 5.41) is 4.74.